The lowest BCUT2D eigenvalue weighted by Gasteiger charge is -2.14. The van der Waals surface area contributed by atoms with E-state index >= 15 is 0 Å². The van der Waals surface area contributed by atoms with E-state index in [1.54, 1.807) is 12.1 Å². The van der Waals surface area contributed by atoms with Crippen molar-refractivity contribution in [3.05, 3.63) is 34.1 Å². The minimum atomic E-state index is -3.56. The maximum absolute atomic E-state index is 12.7. The van der Waals surface area contributed by atoms with Gasteiger partial charge < -0.3 is 4.52 Å². The van der Waals surface area contributed by atoms with Gasteiger partial charge in [-0.25, -0.2) is 13.1 Å². The van der Waals surface area contributed by atoms with Crippen LogP contribution in [-0.2, 0) is 10.0 Å². The van der Waals surface area contributed by atoms with Gasteiger partial charge in [-0.1, -0.05) is 24.1 Å². The molecule has 0 bridgehead atoms. The molecule has 0 aliphatic heterocycles. The number of hydrogen-bond acceptors (Lipinski definition) is 4. The van der Waals surface area contributed by atoms with E-state index in [1.807, 2.05) is 19.9 Å². The highest BCUT2D eigenvalue weighted by atomic mass is 79.9. The molecular weight excluding hydrogens is 380 g/mol. The number of sulfonamides is 1. The summed E-state index contributed by atoms with van der Waals surface area (Å²) < 4.78 is 34.0. The number of rotatable bonds is 4. The van der Waals surface area contributed by atoms with Crippen LogP contribution < -0.4 is 4.72 Å². The summed E-state index contributed by atoms with van der Waals surface area (Å²) >= 11 is 3.36. The van der Waals surface area contributed by atoms with Crippen LogP contribution in [0.3, 0.4) is 0 Å². The lowest BCUT2D eigenvalue weighted by atomic mass is 10.0. The molecule has 1 aromatic heterocycles. The van der Waals surface area contributed by atoms with Crippen molar-refractivity contribution < 1.29 is 12.9 Å². The minimum absolute atomic E-state index is 0.0367. The first kappa shape index (κ1) is 16.7. The second-order valence-electron chi connectivity index (χ2n) is 5.95. The zero-order chi connectivity index (χ0) is 16.6. The predicted octanol–water partition coefficient (Wildman–Crippen LogP) is 3.94. The first-order valence-electron chi connectivity index (χ1n) is 7.63. The van der Waals surface area contributed by atoms with Crippen molar-refractivity contribution in [2.45, 2.75) is 50.5 Å². The first-order valence-corrected chi connectivity index (χ1v) is 9.91. The molecule has 1 fully saturated rings. The highest BCUT2D eigenvalue weighted by Crippen LogP contribution is 2.32. The predicted molar refractivity (Wildman–Crippen MR) is 91.7 cm³/mol. The minimum Gasteiger partial charge on any atom is -0.361 e. The summed E-state index contributed by atoms with van der Waals surface area (Å²) in [6.45, 7) is 3.67. The topological polar surface area (TPSA) is 72.2 Å². The number of benzene rings is 1. The van der Waals surface area contributed by atoms with Gasteiger partial charge in [0, 0.05) is 16.1 Å². The third-order valence-electron chi connectivity index (χ3n) is 4.22. The lowest BCUT2D eigenvalue weighted by molar-refractivity contribution is 0.393. The van der Waals surface area contributed by atoms with E-state index < -0.39 is 10.0 Å². The van der Waals surface area contributed by atoms with Gasteiger partial charge >= 0.3 is 0 Å². The Morgan fingerprint density at radius 1 is 1.26 bits per heavy atom. The van der Waals surface area contributed by atoms with Crippen molar-refractivity contribution in [1.82, 2.24) is 9.88 Å². The van der Waals surface area contributed by atoms with Crippen molar-refractivity contribution in [2.75, 3.05) is 0 Å². The smallest absolute Gasteiger partial charge is 0.241 e. The third-order valence-corrected chi connectivity index (χ3v) is 6.73. The molecule has 23 heavy (non-hydrogen) atoms. The maximum atomic E-state index is 12.7. The van der Waals surface area contributed by atoms with Gasteiger partial charge in [0.15, 0.2) is 0 Å². The number of aromatic nitrogens is 1. The number of nitrogens with one attached hydrogen (secondary N) is 1. The SMILES string of the molecule is Cc1noc(C)c1-c1ccc(Br)c(S(=O)(=O)NC2CCCC2)c1. The molecule has 124 valence electrons. The molecule has 1 N–H and O–H groups in total. The quantitative estimate of drug-likeness (QED) is 0.845. The van der Waals surface area contributed by atoms with Crippen LogP contribution in [0.15, 0.2) is 32.1 Å². The molecule has 0 atom stereocenters. The summed E-state index contributed by atoms with van der Waals surface area (Å²) in [7, 11) is -3.56. The number of hydrogen-bond donors (Lipinski definition) is 1. The van der Waals surface area contributed by atoms with Gasteiger partial charge in [-0.05, 0) is 60.3 Å². The molecule has 0 amide bonds. The molecule has 1 aliphatic carbocycles. The third kappa shape index (κ3) is 3.36. The molecule has 7 heteroatoms. The molecule has 5 nitrogen and oxygen atoms in total. The van der Waals surface area contributed by atoms with Gasteiger partial charge in [0.05, 0.1) is 10.6 Å². The maximum Gasteiger partial charge on any atom is 0.241 e. The van der Waals surface area contributed by atoms with E-state index in [0.29, 0.717) is 10.2 Å². The Morgan fingerprint density at radius 2 is 1.96 bits per heavy atom. The summed E-state index contributed by atoms with van der Waals surface area (Å²) in [5.74, 6) is 0.678. The molecule has 2 aromatic rings. The Morgan fingerprint density at radius 3 is 2.57 bits per heavy atom. The Kier molecular flexibility index (Phi) is 4.62. The second kappa shape index (κ2) is 6.37. The van der Waals surface area contributed by atoms with Gasteiger partial charge in [-0.3, -0.25) is 0 Å². The fraction of sp³-hybridized carbons (Fsp3) is 0.438. The highest BCUT2D eigenvalue weighted by molar-refractivity contribution is 9.10. The van der Waals surface area contributed by atoms with Crippen molar-refractivity contribution in [1.29, 1.82) is 0 Å². The molecule has 3 rings (SSSR count). The summed E-state index contributed by atoms with van der Waals surface area (Å²) in [5, 5.41) is 3.94. The summed E-state index contributed by atoms with van der Waals surface area (Å²) in [4.78, 5) is 0.252. The van der Waals surface area contributed by atoms with Crippen LogP contribution in [0.25, 0.3) is 11.1 Å². The van der Waals surface area contributed by atoms with E-state index in [4.69, 9.17) is 4.52 Å². The number of aryl methyl sites for hydroxylation is 2. The zero-order valence-corrected chi connectivity index (χ0v) is 15.5. The van der Waals surface area contributed by atoms with E-state index in [9.17, 15) is 8.42 Å². The lowest BCUT2D eigenvalue weighted by Crippen LogP contribution is -2.32. The molecule has 0 radical (unpaired) electrons. The summed E-state index contributed by atoms with van der Waals surface area (Å²) in [6, 6.07) is 5.33. The van der Waals surface area contributed by atoms with E-state index in [1.165, 1.54) is 0 Å². The van der Waals surface area contributed by atoms with Crippen LogP contribution in [0.1, 0.15) is 37.1 Å². The van der Waals surface area contributed by atoms with Crippen molar-refractivity contribution >= 4 is 26.0 Å². The Balaban J connectivity index is 2.01. The number of nitrogens with zero attached hydrogens (tertiary/aromatic N) is 1. The molecule has 1 heterocycles. The average Bonchev–Trinajstić information content (AvgIpc) is 3.10. The average molecular weight is 399 g/mol. The van der Waals surface area contributed by atoms with Gasteiger partial charge in [-0.15, -0.1) is 0 Å². The van der Waals surface area contributed by atoms with Crippen molar-refractivity contribution in [3.63, 3.8) is 0 Å². The van der Waals surface area contributed by atoms with Crippen LogP contribution in [0, 0.1) is 13.8 Å². The van der Waals surface area contributed by atoms with Crippen LogP contribution >= 0.6 is 15.9 Å². The molecule has 1 aromatic carbocycles. The second-order valence-corrected chi connectivity index (χ2v) is 8.48. The van der Waals surface area contributed by atoms with Crippen LogP contribution in [-0.4, -0.2) is 19.6 Å². The largest absolute Gasteiger partial charge is 0.361 e. The summed E-state index contributed by atoms with van der Waals surface area (Å²) in [6.07, 6.45) is 3.96. The van der Waals surface area contributed by atoms with Crippen molar-refractivity contribution in [3.8, 4) is 11.1 Å². The van der Waals surface area contributed by atoms with Gasteiger partial charge in [0.1, 0.15) is 5.76 Å². The Labute approximate surface area is 144 Å². The van der Waals surface area contributed by atoms with E-state index in [-0.39, 0.29) is 10.9 Å². The molecule has 1 saturated carbocycles. The molecular formula is C16H19BrN2O3S. The Bertz CT molecular complexity index is 804. The van der Waals surface area contributed by atoms with Crippen molar-refractivity contribution in [2.24, 2.45) is 0 Å². The zero-order valence-electron chi connectivity index (χ0n) is 13.1. The van der Waals surface area contributed by atoms with Gasteiger partial charge in [0.2, 0.25) is 10.0 Å². The van der Waals surface area contributed by atoms with Crippen LogP contribution in [0.4, 0.5) is 0 Å². The van der Waals surface area contributed by atoms with Crippen LogP contribution in [0.5, 0.6) is 0 Å². The number of halogens is 1. The normalized spacial score (nSPS) is 16.1. The molecule has 1 aliphatic rings. The Hall–Kier alpha value is -1.18. The molecule has 0 saturated heterocycles. The van der Waals surface area contributed by atoms with E-state index in [0.717, 1.165) is 42.5 Å². The van der Waals surface area contributed by atoms with E-state index in [2.05, 4.69) is 25.8 Å². The highest BCUT2D eigenvalue weighted by Gasteiger charge is 2.25. The van der Waals surface area contributed by atoms with Gasteiger partial charge in [0.25, 0.3) is 0 Å². The summed E-state index contributed by atoms with van der Waals surface area (Å²) in [5.41, 5.74) is 2.38. The monoisotopic (exact) mass is 398 g/mol. The first-order chi connectivity index (χ1) is 10.9. The molecule has 0 spiro atoms. The fourth-order valence-electron chi connectivity index (χ4n) is 3.09. The molecule has 0 unspecified atom stereocenters. The van der Waals surface area contributed by atoms with Crippen LogP contribution in [0.2, 0.25) is 0 Å². The van der Waals surface area contributed by atoms with Gasteiger partial charge in [-0.2, -0.15) is 0 Å². The standard InChI is InChI=1S/C16H19BrN2O3S/c1-10-16(11(2)22-18-10)12-7-8-14(17)15(9-12)23(20,21)19-13-5-3-4-6-13/h7-9,13,19H,3-6H2,1-2H3. The fourth-order valence-corrected chi connectivity index (χ4v) is 5.38.